The Labute approximate surface area is 116 Å². The maximum atomic E-state index is 6.04. The van der Waals surface area contributed by atoms with Crippen molar-refractivity contribution in [2.45, 2.75) is 18.9 Å². The second-order valence-corrected chi connectivity index (χ2v) is 4.69. The Morgan fingerprint density at radius 1 is 1.20 bits per heavy atom. The van der Waals surface area contributed by atoms with E-state index in [1.807, 2.05) is 6.07 Å². The number of rotatable bonds is 3. The van der Waals surface area contributed by atoms with E-state index in [-0.39, 0.29) is 6.10 Å². The number of anilines is 1. The Morgan fingerprint density at radius 3 is 2.60 bits per heavy atom. The molecule has 0 amide bonds. The molecule has 6 heteroatoms. The molecule has 1 atom stereocenters. The molecule has 106 valence electrons. The van der Waals surface area contributed by atoms with Gasteiger partial charge in [0.2, 0.25) is 0 Å². The van der Waals surface area contributed by atoms with Crippen LogP contribution >= 0.6 is 0 Å². The molecule has 6 nitrogen and oxygen atoms in total. The first-order chi connectivity index (χ1) is 9.72. The number of fused-ring (bicyclic) bond motifs is 1. The van der Waals surface area contributed by atoms with Crippen molar-refractivity contribution in [2.75, 3.05) is 26.6 Å². The first-order valence-corrected chi connectivity index (χ1v) is 6.53. The lowest BCUT2D eigenvalue weighted by atomic mass is 10.2. The Balaban J connectivity index is 2.14. The second-order valence-electron chi connectivity index (χ2n) is 4.69. The zero-order chi connectivity index (χ0) is 14.1. The van der Waals surface area contributed by atoms with E-state index < -0.39 is 0 Å². The minimum absolute atomic E-state index is 0.0604. The maximum absolute atomic E-state index is 6.04. The van der Waals surface area contributed by atoms with Crippen molar-refractivity contribution in [3.63, 3.8) is 0 Å². The topological polar surface area (TPSA) is 79.5 Å². The van der Waals surface area contributed by atoms with Gasteiger partial charge < -0.3 is 19.9 Å². The summed E-state index contributed by atoms with van der Waals surface area (Å²) in [7, 11) is 3.18. The molecule has 0 radical (unpaired) electrons. The Bertz CT molecular complexity index is 639. The third-order valence-corrected chi connectivity index (χ3v) is 3.47. The van der Waals surface area contributed by atoms with Crippen LogP contribution in [-0.4, -0.2) is 30.8 Å². The molecule has 2 aromatic rings. The fourth-order valence-electron chi connectivity index (χ4n) is 2.42. The molecule has 1 saturated heterocycles. The summed E-state index contributed by atoms with van der Waals surface area (Å²) in [5.41, 5.74) is 6.77. The van der Waals surface area contributed by atoms with Gasteiger partial charge in [-0.15, -0.1) is 0 Å². The first kappa shape index (κ1) is 12.9. The van der Waals surface area contributed by atoms with Gasteiger partial charge in [0.05, 0.1) is 19.7 Å². The summed E-state index contributed by atoms with van der Waals surface area (Å²) in [4.78, 5) is 8.91. The summed E-state index contributed by atoms with van der Waals surface area (Å²) < 4.78 is 16.2. The predicted octanol–water partition coefficient (Wildman–Crippen LogP) is 2.08. The van der Waals surface area contributed by atoms with Crippen LogP contribution in [-0.2, 0) is 4.74 Å². The molecule has 2 N–H and O–H groups in total. The second kappa shape index (κ2) is 5.13. The number of ether oxygens (including phenoxy) is 3. The normalized spacial score (nSPS) is 18.4. The molecule has 0 bridgehead atoms. The van der Waals surface area contributed by atoms with Gasteiger partial charge in [0.25, 0.3) is 0 Å². The Morgan fingerprint density at radius 2 is 1.95 bits per heavy atom. The molecule has 0 spiro atoms. The molecular weight excluding hydrogens is 258 g/mol. The lowest BCUT2D eigenvalue weighted by molar-refractivity contribution is 0.105. The summed E-state index contributed by atoms with van der Waals surface area (Å²) in [6.07, 6.45) is 1.89. The van der Waals surface area contributed by atoms with Gasteiger partial charge >= 0.3 is 0 Å². The van der Waals surface area contributed by atoms with Crippen molar-refractivity contribution < 1.29 is 14.2 Å². The first-order valence-electron chi connectivity index (χ1n) is 6.53. The van der Waals surface area contributed by atoms with E-state index >= 15 is 0 Å². The van der Waals surface area contributed by atoms with E-state index in [1.54, 1.807) is 20.3 Å². The molecule has 1 unspecified atom stereocenters. The highest BCUT2D eigenvalue weighted by Gasteiger charge is 2.22. The third-order valence-electron chi connectivity index (χ3n) is 3.47. The SMILES string of the molecule is COc1cc2nc(C3CCCO3)nc(N)c2cc1OC. The molecule has 0 aliphatic carbocycles. The largest absolute Gasteiger partial charge is 0.493 e. The van der Waals surface area contributed by atoms with Crippen LogP contribution in [0.25, 0.3) is 10.9 Å². The summed E-state index contributed by atoms with van der Waals surface area (Å²) in [6.45, 7) is 0.748. The van der Waals surface area contributed by atoms with Gasteiger partial charge in [-0.3, -0.25) is 0 Å². The fourth-order valence-corrected chi connectivity index (χ4v) is 2.42. The van der Waals surface area contributed by atoms with E-state index in [0.29, 0.717) is 23.1 Å². The highest BCUT2D eigenvalue weighted by atomic mass is 16.5. The smallest absolute Gasteiger partial charge is 0.162 e. The maximum Gasteiger partial charge on any atom is 0.162 e. The zero-order valence-corrected chi connectivity index (χ0v) is 11.5. The van der Waals surface area contributed by atoms with Crippen LogP contribution in [0.4, 0.5) is 5.82 Å². The van der Waals surface area contributed by atoms with Crippen LogP contribution in [0.3, 0.4) is 0 Å². The van der Waals surface area contributed by atoms with Gasteiger partial charge in [0, 0.05) is 18.1 Å². The van der Waals surface area contributed by atoms with Crippen LogP contribution in [0.1, 0.15) is 24.8 Å². The Hall–Kier alpha value is -2.08. The van der Waals surface area contributed by atoms with Crippen molar-refractivity contribution in [3.05, 3.63) is 18.0 Å². The number of nitrogens with zero attached hydrogens (tertiary/aromatic N) is 2. The number of aromatic nitrogens is 2. The van der Waals surface area contributed by atoms with Crippen molar-refractivity contribution >= 4 is 16.7 Å². The van der Waals surface area contributed by atoms with E-state index in [4.69, 9.17) is 19.9 Å². The van der Waals surface area contributed by atoms with Gasteiger partial charge in [-0.1, -0.05) is 0 Å². The number of nitrogens with two attached hydrogens (primary N) is 1. The lowest BCUT2D eigenvalue weighted by Gasteiger charge is -2.13. The summed E-state index contributed by atoms with van der Waals surface area (Å²) in [5, 5.41) is 0.754. The molecule has 3 rings (SSSR count). The molecule has 20 heavy (non-hydrogen) atoms. The molecule has 1 aromatic heterocycles. The molecule has 0 saturated carbocycles. The van der Waals surface area contributed by atoms with Crippen LogP contribution in [0.2, 0.25) is 0 Å². The number of benzene rings is 1. The van der Waals surface area contributed by atoms with E-state index in [2.05, 4.69) is 9.97 Å². The highest BCUT2D eigenvalue weighted by Crippen LogP contribution is 2.35. The van der Waals surface area contributed by atoms with E-state index in [0.717, 1.165) is 30.4 Å². The van der Waals surface area contributed by atoms with Gasteiger partial charge in [-0.2, -0.15) is 0 Å². The summed E-state index contributed by atoms with van der Waals surface area (Å²) in [6, 6.07) is 3.60. The predicted molar refractivity (Wildman–Crippen MR) is 75.0 cm³/mol. The quantitative estimate of drug-likeness (QED) is 0.923. The zero-order valence-electron chi connectivity index (χ0n) is 11.5. The average Bonchev–Trinajstić information content (AvgIpc) is 3.00. The number of hydrogen-bond donors (Lipinski definition) is 1. The van der Waals surface area contributed by atoms with Crippen LogP contribution in [0.5, 0.6) is 11.5 Å². The van der Waals surface area contributed by atoms with Gasteiger partial charge in [0.1, 0.15) is 11.9 Å². The molecular formula is C14H17N3O3. The Kier molecular flexibility index (Phi) is 3.31. The van der Waals surface area contributed by atoms with Crippen molar-refractivity contribution in [2.24, 2.45) is 0 Å². The number of methoxy groups -OCH3 is 2. The van der Waals surface area contributed by atoms with Crippen molar-refractivity contribution in [1.29, 1.82) is 0 Å². The fraction of sp³-hybridized carbons (Fsp3) is 0.429. The molecule has 1 aliphatic heterocycles. The van der Waals surface area contributed by atoms with Gasteiger partial charge in [-0.25, -0.2) is 9.97 Å². The minimum Gasteiger partial charge on any atom is -0.493 e. The number of hydrogen-bond acceptors (Lipinski definition) is 6. The lowest BCUT2D eigenvalue weighted by Crippen LogP contribution is -2.06. The van der Waals surface area contributed by atoms with Gasteiger partial charge in [-0.05, 0) is 18.9 Å². The van der Waals surface area contributed by atoms with Crippen LogP contribution < -0.4 is 15.2 Å². The summed E-state index contributed by atoms with van der Waals surface area (Å²) >= 11 is 0. The minimum atomic E-state index is -0.0604. The van der Waals surface area contributed by atoms with E-state index in [1.165, 1.54) is 0 Å². The molecule has 1 aromatic carbocycles. The molecule has 2 heterocycles. The molecule has 1 fully saturated rings. The van der Waals surface area contributed by atoms with Crippen LogP contribution in [0, 0.1) is 0 Å². The number of nitrogen functional groups attached to an aromatic ring is 1. The van der Waals surface area contributed by atoms with E-state index in [9.17, 15) is 0 Å². The highest BCUT2D eigenvalue weighted by molar-refractivity contribution is 5.90. The standard InChI is InChI=1S/C14H17N3O3/c1-18-11-6-8-9(7-12(11)19-2)16-14(17-13(8)15)10-4-3-5-20-10/h6-7,10H,3-5H2,1-2H3,(H2,15,16,17). The monoisotopic (exact) mass is 275 g/mol. The molecule has 1 aliphatic rings. The summed E-state index contributed by atoms with van der Waals surface area (Å²) in [5.74, 6) is 2.30. The van der Waals surface area contributed by atoms with Crippen molar-refractivity contribution in [1.82, 2.24) is 9.97 Å². The van der Waals surface area contributed by atoms with Gasteiger partial charge in [0.15, 0.2) is 17.3 Å². The average molecular weight is 275 g/mol. The van der Waals surface area contributed by atoms with Crippen molar-refractivity contribution in [3.8, 4) is 11.5 Å². The van der Waals surface area contributed by atoms with Crippen LogP contribution in [0.15, 0.2) is 12.1 Å². The third kappa shape index (κ3) is 2.12.